The number of H-pyrrole nitrogens is 1. The van der Waals surface area contributed by atoms with Crippen LogP contribution < -0.4 is 11.2 Å². The van der Waals surface area contributed by atoms with E-state index >= 15 is 0 Å². The smallest absolute Gasteiger partial charge is 0.331 e. The van der Waals surface area contributed by atoms with Gasteiger partial charge in [-0.2, -0.15) is 4.39 Å². The molecule has 0 radical (unpaired) electrons. The molecule has 0 bridgehead atoms. The molecular weight excluding hydrogens is 239 g/mol. The molecule has 6 heteroatoms. The summed E-state index contributed by atoms with van der Waals surface area (Å²) in [5, 5.41) is 9.64. The quantitative estimate of drug-likeness (QED) is 0.748. The summed E-state index contributed by atoms with van der Waals surface area (Å²) in [4.78, 5) is 24.6. The van der Waals surface area contributed by atoms with Crippen molar-refractivity contribution in [3.05, 3.63) is 26.7 Å². The van der Waals surface area contributed by atoms with Gasteiger partial charge in [-0.15, -0.1) is 0 Å². The fourth-order valence-corrected chi connectivity index (χ4v) is 2.58. The van der Waals surface area contributed by atoms with E-state index in [-0.39, 0.29) is 6.04 Å². The van der Waals surface area contributed by atoms with Crippen molar-refractivity contribution in [3.8, 4) is 5.88 Å². The molecule has 1 aromatic heterocycles. The Balaban J connectivity index is 2.42. The van der Waals surface area contributed by atoms with Crippen LogP contribution in [0.5, 0.6) is 5.88 Å². The van der Waals surface area contributed by atoms with E-state index in [9.17, 15) is 19.1 Å². The van der Waals surface area contributed by atoms with Gasteiger partial charge in [0.05, 0.1) is 0 Å². The van der Waals surface area contributed by atoms with Crippen LogP contribution in [0.25, 0.3) is 0 Å². The largest absolute Gasteiger partial charge is 0.492 e. The molecule has 1 aromatic rings. The second-order valence-corrected chi connectivity index (χ2v) is 5.03. The Kier molecular flexibility index (Phi) is 3.54. The van der Waals surface area contributed by atoms with Gasteiger partial charge >= 0.3 is 5.69 Å². The van der Waals surface area contributed by atoms with Crippen LogP contribution in [0.2, 0.25) is 0 Å². The molecule has 1 saturated carbocycles. The molecule has 0 saturated heterocycles. The zero-order valence-electron chi connectivity index (χ0n) is 10.3. The Morgan fingerprint density at radius 2 is 2.00 bits per heavy atom. The SMILES string of the molecule is CC1CCCC(n2c(O)c(F)c(=O)[nH]c2=O)CC1. The van der Waals surface area contributed by atoms with Gasteiger partial charge in [0.15, 0.2) is 0 Å². The van der Waals surface area contributed by atoms with Gasteiger partial charge in [0.1, 0.15) is 0 Å². The minimum atomic E-state index is -1.29. The first kappa shape index (κ1) is 12.9. The van der Waals surface area contributed by atoms with Gasteiger partial charge < -0.3 is 5.11 Å². The van der Waals surface area contributed by atoms with Gasteiger partial charge in [-0.1, -0.05) is 19.8 Å². The van der Waals surface area contributed by atoms with Crippen molar-refractivity contribution in [3.63, 3.8) is 0 Å². The van der Waals surface area contributed by atoms with Gasteiger partial charge in [0.2, 0.25) is 11.7 Å². The number of aromatic amines is 1. The lowest BCUT2D eigenvalue weighted by Crippen LogP contribution is -2.34. The maximum Gasteiger partial charge on any atom is 0.331 e. The Hall–Kier alpha value is -1.59. The zero-order valence-corrected chi connectivity index (χ0v) is 10.3. The monoisotopic (exact) mass is 256 g/mol. The molecule has 1 aliphatic rings. The Labute approximate surface area is 103 Å². The van der Waals surface area contributed by atoms with E-state index in [1.54, 1.807) is 0 Å². The van der Waals surface area contributed by atoms with Crippen LogP contribution in [0.1, 0.15) is 45.1 Å². The molecule has 1 aliphatic carbocycles. The topological polar surface area (TPSA) is 75.1 Å². The molecule has 0 aromatic carbocycles. The highest BCUT2D eigenvalue weighted by Crippen LogP contribution is 2.31. The molecule has 0 spiro atoms. The molecule has 2 rings (SSSR count). The molecule has 0 aliphatic heterocycles. The van der Waals surface area contributed by atoms with Gasteiger partial charge in [-0.3, -0.25) is 14.3 Å². The van der Waals surface area contributed by atoms with E-state index in [1.807, 2.05) is 4.98 Å². The number of hydrogen-bond donors (Lipinski definition) is 2. The number of aromatic nitrogens is 2. The molecule has 1 heterocycles. The molecule has 18 heavy (non-hydrogen) atoms. The molecule has 2 unspecified atom stereocenters. The summed E-state index contributed by atoms with van der Waals surface area (Å²) in [6, 6.07) is -0.242. The van der Waals surface area contributed by atoms with Gasteiger partial charge in [-0.05, 0) is 25.2 Å². The summed E-state index contributed by atoms with van der Waals surface area (Å²) in [6.45, 7) is 2.14. The van der Waals surface area contributed by atoms with Crippen LogP contribution in [-0.4, -0.2) is 14.7 Å². The summed E-state index contributed by atoms with van der Waals surface area (Å²) in [5.74, 6) is -1.56. The van der Waals surface area contributed by atoms with Crippen LogP contribution in [0.3, 0.4) is 0 Å². The van der Waals surface area contributed by atoms with Crippen LogP contribution >= 0.6 is 0 Å². The minimum absolute atomic E-state index is 0.242. The first-order valence-electron chi connectivity index (χ1n) is 6.24. The maximum absolute atomic E-state index is 13.4. The van der Waals surface area contributed by atoms with E-state index in [1.165, 1.54) is 0 Å². The average molecular weight is 256 g/mol. The lowest BCUT2D eigenvalue weighted by molar-refractivity contribution is 0.313. The van der Waals surface area contributed by atoms with Crippen molar-refractivity contribution < 1.29 is 9.50 Å². The summed E-state index contributed by atoms with van der Waals surface area (Å²) < 4.78 is 14.3. The zero-order chi connectivity index (χ0) is 13.3. The van der Waals surface area contributed by atoms with E-state index < -0.39 is 22.9 Å². The number of nitrogens with zero attached hydrogens (tertiary/aromatic N) is 1. The van der Waals surface area contributed by atoms with Crippen molar-refractivity contribution in [2.75, 3.05) is 0 Å². The predicted molar refractivity (Wildman–Crippen MR) is 64.2 cm³/mol. The summed E-state index contributed by atoms with van der Waals surface area (Å²) in [5.41, 5.74) is -1.91. The highest BCUT2D eigenvalue weighted by molar-refractivity contribution is 5.11. The van der Waals surface area contributed by atoms with Crippen LogP contribution in [0, 0.1) is 11.7 Å². The molecule has 5 nitrogen and oxygen atoms in total. The first-order valence-corrected chi connectivity index (χ1v) is 6.24. The molecular formula is C12H17FN2O3. The fraction of sp³-hybridized carbons (Fsp3) is 0.667. The van der Waals surface area contributed by atoms with Gasteiger partial charge in [-0.25, -0.2) is 4.79 Å². The number of halogens is 1. The van der Waals surface area contributed by atoms with Crippen molar-refractivity contribution in [1.29, 1.82) is 0 Å². The van der Waals surface area contributed by atoms with Gasteiger partial charge in [0, 0.05) is 6.04 Å². The summed E-state index contributed by atoms with van der Waals surface area (Å²) >= 11 is 0. The van der Waals surface area contributed by atoms with Crippen molar-refractivity contribution >= 4 is 0 Å². The number of rotatable bonds is 1. The minimum Gasteiger partial charge on any atom is -0.492 e. The lowest BCUT2D eigenvalue weighted by Gasteiger charge is -2.18. The first-order chi connectivity index (χ1) is 8.50. The van der Waals surface area contributed by atoms with Crippen LogP contribution in [-0.2, 0) is 0 Å². The second-order valence-electron chi connectivity index (χ2n) is 5.03. The molecule has 0 amide bonds. The Morgan fingerprint density at radius 3 is 2.72 bits per heavy atom. The number of nitrogens with one attached hydrogen (secondary N) is 1. The third kappa shape index (κ3) is 2.32. The third-order valence-corrected chi connectivity index (χ3v) is 3.66. The predicted octanol–water partition coefficient (Wildman–Crippen LogP) is 1.52. The molecule has 2 atom stereocenters. The Bertz CT molecular complexity index is 549. The van der Waals surface area contributed by atoms with Gasteiger partial charge in [0.25, 0.3) is 5.56 Å². The van der Waals surface area contributed by atoms with E-state index in [2.05, 4.69) is 6.92 Å². The number of hydrogen-bond acceptors (Lipinski definition) is 3. The molecule has 2 N–H and O–H groups in total. The highest BCUT2D eigenvalue weighted by Gasteiger charge is 2.23. The lowest BCUT2D eigenvalue weighted by atomic mass is 10.0. The third-order valence-electron chi connectivity index (χ3n) is 3.66. The van der Waals surface area contributed by atoms with E-state index in [0.717, 1.165) is 23.8 Å². The molecule has 100 valence electrons. The summed E-state index contributed by atoms with van der Waals surface area (Å²) in [6.07, 6.45) is 4.34. The average Bonchev–Trinajstić information content (AvgIpc) is 2.52. The maximum atomic E-state index is 13.4. The summed E-state index contributed by atoms with van der Waals surface area (Å²) in [7, 11) is 0. The Morgan fingerprint density at radius 1 is 1.28 bits per heavy atom. The fourth-order valence-electron chi connectivity index (χ4n) is 2.58. The van der Waals surface area contributed by atoms with Crippen molar-refractivity contribution in [2.24, 2.45) is 5.92 Å². The number of aromatic hydroxyl groups is 1. The second kappa shape index (κ2) is 4.96. The van der Waals surface area contributed by atoms with E-state index in [4.69, 9.17) is 0 Å². The van der Waals surface area contributed by atoms with Crippen molar-refractivity contribution in [2.45, 2.75) is 45.1 Å². The van der Waals surface area contributed by atoms with Crippen LogP contribution in [0.4, 0.5) is 4.39 Å². The normalized spacial score (nSPS) is 24.8. The van der Waals surface area contributed by atoms with Crippen LogP contribution in [0.15, 0.2) is 9.59 Å². The highest BCUT2D eigenvalue weighted by atomic mass is 19.1. The van der Waals surface area contributed by atoms with Crippen molar-refractivity contribution in [1.82, 2.24) is 9.55 Å². The van der Waals surface area contributed by atoms with E-state index in [0.29, 0.717) is 18.8 Å². The standard InChI is InChI=1S/C12H17FN2O3/c1-7-3-2-4-8(6-5-7)15-11(17)9(13)10(16)14-12(15)18/h7-8,17H,2-6H2,1H3,(H,14,16,18). The molecule has 1 fully saturated rings.